The van der Waals surface area contributed by atoms with E-state index in [1.807, 2.05) is 13.8 Å². The first kappa shape index (κ1) is 20.0. The summed E-state index contributed by atoms with van der Waals surface area (Å²) in [5.41, 5.74) is 0.170. The highest BCUT2D eigenvalue weighted by molar-refractivity contribution is 6.00. The lowest BCUT2D eigenvalue weighted by atomic mass is 9.89. The van der Waals surface area contributed by atoms with E-state index >= 15 is 0 Å². The molecule has 2 saturated heterocycles. The molecule has 7 heteroatoms. The smallest absolute Gasteiger partial charge is 0.243 e. The van der Waals surface area contributed by atoms with Crippen LogP contribution in [0.15, 0.2) is 12.2 Å². The maximum Gasteiger partial charge on any atom is 0.243 e. The third-order valence-corrected chi connectivity index (χ3v) is 5.30. The summed E-state index contributed by atoms with van der Waals surface area (Å²) >= 11 is 0. The Labute approximate surface area is 149 Å². The van der Waals surface area contributed by atoms with Gasteiger partial charge in [0.25, 0.3) is 0 Å². The molecule has 2 aliphatic heterocycles. The van der Waals surface area contributed by atoms with E-state index in [0.29, 0.717) is 19.4 Å². The molecular formula is C18H31N3O4. The largest absolute Gasteiger partial charge is 0.378 e. The molecule has 0 radical (unpaired) electrons. The number of hydrogen-bond donors (Lipinski definition) is 3. The minimum atomic E-state index is -0.660. The van der Waals surface area contributed by atoms with Gasteiger partial charge in [-0.1, -0.05) is 6.58 Å². The minimum absolute atomic E-state index is 0.115. The molecule has 2 fully saturated rings. The van der Waals surface area contributed by atoms with Crippen LogP contribution >= 0.6 is 0 Å². The summed E-state index contributed by atoms with van der Waals surface area (Å²) < 4.78 is 11.9. The summed E-state index contributed by atoms with van der Waals surface area (Å²) in [6, 6.07) is -0.382. The number of ether oxygens (including phenoxy) is 2. The average Bonchev–Trinajstić information content (AvgIpc) is 2.60. The van der Waals surface area contributed by atoms with Crippen LogP contribution in [0.25, 0.3) is 0 Å². The van der Waals surface area contributed by atoms with Gasteiger partial charge in [-0.15, -0.1) is 0 Å². The number of rotatable bonds is 8. The molecule has 4 atom stereocenters. The fourth-order valence-electron chi connectivity index (χ4n) is 3.27. The van der Waals surface area contributed by atoms with Crippen LogP contribution in [-0.4, -0.2) is 62.4 Å². The van der Waals surface area contributed by atoms with Gasteiger partial charge in [0.1, 0.15) is 5.60 Å². The molecule has 0 aromatic carbocycles. The lowest BCUT2D eigenvalue weighted by molar-refractivity contribution is -0.136. The Balaban J connectivity index is 1.97. The molecule has 25 heavy (non-hydrogen) atoms. The third kappa shape index (κ3) is 5.10. The van der Waals surface area contributed by atoms with Gasteiger partial charge in [0.05, 0.1) is 18.2 Å². The molecule has 0 saturated carbocycles. The Morgan fingerprint density at radius 3 is 2.80 bits per heavy atom. The van der Waals surface area contributed by atoms with Crippen LogP contribution in [0.3, 0.4) is 0 Å². The van der Waals surface area contributed by atoms with Gasteiger partial charge in [-0.3, -0.25) is 14.9 Å². The van der Waals surface area contributed by atoms with Crippen molar-refractivity contribution in [2.24, 2.45) is 0 Å². The van der Waals surface area contributed by atoms with E-state index in [4.69, 9.17) is 9.47 Å². The number of piperidine rings is 2. The third-order valence-electron chi connectivity index (χ3n) is 5.30. The van der Waals surface area contributed by atoms with Crippen molar-refractivity contribution in [1.29, 1.82) is 0 Å². The standard InChI is InChI=1S/C18H31N3O4/c1-12(10-20-15-7-8-16(22)21-17(15)23)18(3,13(2)24-4)25-14-6-5-9-19-11-14/h13-15,19-20H,1,5-11H2,2-4H3,(H,21,22,23)/t13?,14-,15?,18?/m1/s1. The molecule has 0 aromatic rings. The summed E-state index contributed by atoms with van der Waals surface area (Å²) in [4.78, 5) is 23.1. The van der Waals surface area contributed by atoms with Crippen LogP contribution in [0.1, 0.15) is 39.5 Å². The number of carbonyl (C=O) groups is 2. The molecule has 142 valence electrons. The molecule has 0 bridgehead atoms. The summed E-state index contributed by atoms with van der Waals surface area (Å²) in [5, 5.41) is 8.91. The Bertz CT molecular complexity index is 505. The lowest BCUT2D eigenvalue weighted by Crippen LogP contribution is -2.54. The number of methoxy groups -OCH3 is 1. The molecule has 2 rings (SSSR count). The van der Waals surface area contributed by atoms with Crippen LogP contribution in [0.2, 0.25) is 0 Å². The van der Waals surface area contributed by atoms with Crippen molar-refractivity contribution in [1.82, 2.24) is 16.0 Å². The number of hydrogen-bond acceptors (Lipinski definition) is 6. The number of imide groups is 1. The highest BCUT2D eigenvalue weighted by Gasteiger charge is 2.38. The Hall–Kier alpha value is -1.28. The fraction of sp³-hybridized carbons (Fsp3) is 0.778. The van der Waals surface area contributed by atoms with E-state index in [1.54, 1.807) is 7.11 Å². The number of amides is 2. The molecule has 2 heterocycles. The second kappa shape index (κ2) is 8.89. The highest BCUT2D eigenvalue weighted by Crippen LogP contribution is 2.29. The minimum Gasteiger partial charge on any atom is -0.378 e. The Kier molecular flexibility index (Phi) is 7.13. The van der Waals surface area contributed by atoms with E-state index in [9.17, 15) is 9.59 Å². The first-order valence-corrected chi connectivity index (χ1v) is 9.03. The lowest BCUT2D eigenvalue weighted by Gasteiger charge is -2.41. The molecule has 3 unspecified atom stereocenters. The molecule has 7 nitrogen and oxygen atoms in total. The molecule has 2 amide bonds. The molecule has 3 N–H and O–H groups in total. The summed E-state index contributed by atoms with van der Waals surface area (Å²) in [6.45, 7) is 10.4. The van der Waals surface area contributed by atoms with Gasteiger partial charge in [0.15, 0.2) is 0 Å². The van der Waals surface area contributed by atoms with E-state index in [1.165, 1.54) is 0 Å². The van der Waals surface area contributed by atoms with E-state index in [2.05, 4.69) is 22.5 Å². The van der Waals surface area contributed by atoms with Gasteiger partial charge in [0.2, 0.25) is 11.8 Å². The first-order valence-electron chi connectivity index (χ1n) is 9.03. The van der Waals surface area contributed by atoms with Crippen LogP contribution in [0.4, 0.5) is 0 Å². The second-order valence-corrected chi connectivity index (χ2v) is 7.06. The first-order chi connectivity index (χ1) is 11.9. The zero-order valence-corrected chi connectivity index (χ0v) is 15.5. The van der Waals surface area contributed by atoms with Gasteiger partial charge in [-0.2, -0.15) is 0 Å². The summed E-state index contributed by atoms with van der Waals surface area (Å²) in [5.74, 6) is -0.490. The molecule has 0 aromatic heterocycles. The predicted molar refractivity (Wildman–Crippen MR) is 95.2 cm³/mol. The van der Waals surface area contributed by atoms with E-state index in [0.717, 1.165) is 31.5 Å². The topological polar surface area (TPSA) is 88.7 Å². The van der Waals surface area contributed by atoms with Gasteiger partial charge < -0.3 is 20.1 Å². The highest BCUT2D eigenvalue weighted by atomic mass is 16.6. The van der Waals surface area contributed by atoms with E-state index in [-0.39, 0.29) is 30.1 Å². The number of nitrogens with one attached hydrogen (secondary N) is 3. The van der Waals surface area contributed by atoms with Crippen molar-refractivity contribution >= 4 is 11.8 Å². The zero-order valence-electron chi connectivity index (χ0n) is 15.5. The van der Waals surface area contributed by atoms with Gasteiger partial charge in [-0.25, -0.2) is 0 Å². The Morgan fingerprint density at radius 2 is 2.20 bits per heavy atom. The van der Waals surface area contributed by atoms with E-state index < -0.39 is 5.60 Å². The molecular weight excluding hydrogens is 322 g/mol. The summed E-state index contributed by atoms with van der Waals surface area (Å²) in [6.07, 6.45) is 2.89. The monoisotopic (exact) mass is 353 g/mol. The van der Waals surface area contributed by atoms with Gasteiger partial charge in [0, 0.05) is 26.6 Å². The molecule has 2 aliphatic rings. The maximum absolute atomic E-state index is 11.9. The van der Waals surface area contributed by atoms with Gasteiger partial charge in [-0.05, 0) is 45.2 Å². The zero-order chi connectivity index (χ0) is 18.4. The Morgan fingerprint density at radius 1 is 1.44 bits per heavy atom. The van der Waals surface area contributed by atoms with Crippen molar-refractivity contribution in [2.45, 2.75) is 63.4 Å². The average molecular weight is 353 g/mol. The van der Waals surface area contributed by atoms with Crippen LogP contribution < -0.4 is 16.0 Å². The van der Waals surface area contributed by atoms with Crippen LogP contribution in [-0.2, 0) is 19.1 Å². The van der Waals surface area contributed by atoms with Crippen molar-refractivity contribution < 1.29 is 19.1 Å². The van der Waals surface area contributed by atoms with Gasteiger partial charge >= 0.3 is 0 Å². The van der Waals surface area contributed by atoms with Crippen molar-refractivity contribution in [3.63, 3.8) is 0 Å². The summed E-state index contributed by atoms with van der Waals surface area (Å²) in [7, 11) is 1.66. The fourth-order valence-corrected chi connectivity index (χ4v) is 3.27. The van der Waals surface area contributed by atoms with Crippen molar-refractivity contribution in [3.05, 3.63) is 12.2 Å². The van der Waals surface area contributed by atoms with Crippen LogP contribution in [0, 0.1) is 0 Å². The van der Waals surface area contributed by atoms with Crippen molar-refractivity contribution in [2.75, 3.05) is 26.7 Å². The second-order valence-electron chi connectivity index (χ2n) is 7.06. The maximum atomic E-state index is 11.9. The quantitative estimate of drug-likeness (QED) is 0.435. The molecule has 0 spiro atoms. The normalized spacial score (nSPS) is 28.1. The number of carbonyl (C=O) groups excluding carboxylic acids is 2. The van der Waals surface area contributed by atoms with Crippen LogP contribution in [0.5, 0.6) is 0 Å². The SMILES string of the molecule is C=C(CNC1CCC(=O)NC1=O)C(C)(O[C@@H]1CCCNC1)C(C)OC. The molecule has 0 aliphatic carbocycles. The predicted octanol–water partition coefficient (Wildman–Crippen LogP) is 0.500. The van der Waals surface area contributed by atoms with Crippen molar-refractivity contribution in [3.8, 4) is 0 Å².